The van der Waals surface area contributed by atoms with Gasteiger partial charge in [0.1, 0.15) is 11.5 Å². The summed E-state index contributed by atoms with van der Waals surface area (Å²) in [5.41, 5.74) is 5.41. The van der Waals surface area contributed by atoms with Gasteiger partial charge in [-0.1, -0.05) is 0 Å². The third kappa shape index (κ3) is 8.26. The van der Waals surface area contributed by atoms with Crippen LogP contribution >= 0.6 is 11.8 Å². The van der Waals surface area contributed by atoms with Gasteiger partial charge in [-0.05, 0) is 38.4 Å². The first kappa shape index (κ1) is 17.4. The molecule has 0 aliphatic rings. The number of nitro groups is 1. The summed E-state index contributed by atoms with van der Waals surface area (Å²) in [4.78, 5) is 11.7. The van der Waals surface area contributed by atoms with E-state index in [9.17, 15) is 10.1 Å². The van der Waals surface area contributed by atoms with Gasteiger partial charge in [0.2, 0.25) is 0 Å². The van der Waals surface area contributed by atoms with Crippen molar-refractivity contribution in [2.45, 2.75) is 18.7 Å². The van der Waals surface area contributed by atoms with E-state index < -0.39 is 4.92 Å². The zero-order valence-corrected chi connectivity index (χ0v) is 13.2. The molecule has 0 aliphatic heterocycles. The average molecular weight is 314 g/mol. The Hall–Kier alpha value is -1.67. The fraction of sp³-hybridized carbons (Fsp3) is 0.538. The van der Waals surface area contributed by atoms with E-state index in [-0.39, 0.29) is 5.82 Å². The van der Waals surface area contributed by atoms with E-state index >= 15 is 0 Å². The summed E-state index contributed by atoms with van der Waals surface area (Å²) in [5, 5.41) is 13.0. The Kier molecular flexibility index (Phi) is 7.70. The van der Waals surface area contributed by atoms with Gasteiger partial charge >= 0.3 is 0 Å². The Bertz CT molecular complexity index is 474. The fourth-order valence-corrected chi connectivity index (χ4v) is 2.48. The molecule has 1 aromatic heterocycles. The lowest BCUT2D eigenvalue weighted by Crippen LogP contribution is -2.22. The standard InChI is InChI=1S/C13H22N4O3S/c1-16(2)8-11-4-5-12(20-11)10-21-7-3-6-15-13(14)9-17(18)19/h4-5,9,15H,3,6-8,10,14H2,1-2H3/b13-9+. The molecule has 0 radical (unpaired) electrons. The summed E-state index contributed by atoms with van der Waals surface area (Å²) in [5.74, 6) is 3.78. The van der Waals surface area contributed by atoms with Crippen molar-refractivity contribution in [3.8, 4) is 0 Å². The second kappa shape index (κ2) is 9.30. The normalized spacial score (nSPS) is 11.9. The summed E-state index contributed by atoms with van der Waals surface area (Å²) in [6.07, 6.45) is 1.64. The van der Waals surface area contributed by atoms with Gasteiger partial charge in [0, 0.05) is 6.54 Å². The van der Waals surface area contributed by atoms with Crippen molar-refractivity contribution in [2.75, 3.05) is 26.4 Å². The van der Waals surface area contributed by atoms with E-state index in [0.717, 1.165) is 42.2 Å². The van der Waals surface area contributed by atoms with Crippen LogP contribution in [0.25, 0.3) is 0 Å². The van der Waals surface area contributed by atoms with Crippen molar-refractivity contribution in [1.82, 2.24) is 10.2 Å². The minimum atomic E-state index is -0.570. The van der Waals surface area contributed by atoms with Crippen molar-refractivity contribution < 1.29 is 9.34 Å². The van der Waals surface area contributed by atoms with Gasteiger partial charge in [-0.15, -0.1) is 0 Å². The molecule has 21 heavy (non-hydrogen) atoms. The van der Waals surface area contributed by atoms with Gasteiger partial charge in [0.15, 0.2) is 5.82 Å². The number of nitrogens with zero attached hydrogens (tertiary/aromatic N) is 2. The van der Waals surface area contributed by atoms with Gasteiger partial charge in [-0.25, -0.2) is 0 Å². The molecule has 118 valence electrons. The first-order valence-corrected chi connectivity index (χ1v) is 7.77. The van der Waals surface area contributed by atoms with Crippen molar-refractivity contribution in [3.05, 3.63) is 45.8 Å². The lowest BCUT2D eigenvalue weighted by atomic mass is 10.4. The molecule has 7 nitrogen and oxygen atoms in total. The predicted octanol–water partition coefficient (Wildman–Crippen LogP) is 1.59. The number of rotatable bonds is 10. The van der Waals surface area contributed by atoms with E-state index in [0.29, 0.717) is 6.54 Å². The molecule has 0 saturated heterocycles. The van der Waals surface area contributed by atoms with E-state index in [4.69, 9.17) is 10.2 Å². The van der Waals surface area contributed by atoms with Gasteiger partial charge < -0.3 is 20.4 Å². The molecule has 0 atom stereocenters. The molecule has 1 rings (SSSR count). The zero-order valence-electron chi connectivity index (χ0n) is 12.4. The van der Waals surface area contributed by atoms with Crippen LogP contribution in [-0.2, 0) is 12.3 Å². The molecule has 0 aliphatic carbocycles. The molecule has 0 aromatic carbocycles. The van der Waals surface area contributed by atoms with Crippen LogP contribution in [0.15, 0.2) is 28.6 Å². The van der Waals surface area contributed by atoms with Crippen molar-refractivity contribution in [2.24, 2.45) is 5.73 Å². The van der Waals surface area contributed by atoms with Gasteiger partial charge in [0.25, 0.3) is 6.20 Å². The highest BCUT2D eigenvalue weighted by atomic mass is 32.2. The first-order valence-electron chi connectivity index (χ1n) is 6.62. The number of nitrogens with two attached hydrogens (primary N) is 1. The van der Waals surface area contributed by atoms with Crippen LogP contribution in [0.4, 0.5) is 0 Å². The van der Waals surface area contributed by atoms with Crippen LogP contribution in [0.5, 0.6) is 0 Å². The molecule has 0 unspecified atom stereocenters. The highest BCUT2D eigenvalue weighted by molar-refractivity contribution is 7.98. The maximum Gasteiger partial charge on any atom is 0.273 e. The summed E-state index contributed by atoms with van der Waals surface area (Å²) in [7, 11) is 4.01. The molecule has 0 bridgehead atoms. The van der Waals surface area contributed by atoms with Gasteiger partial charge in [0.05, 0.1) is 17.2 Å². The topological polar surface area (TPSA) is 97.6 Å². The molecule has 0 amide bonds. The van der Waals surface area contributed by atoms with Crippen LogP contribution in [-0.4, -0.2) is 36.2 Å². The second-order valence-electron chi connectivity index (χ2n) is 4.81. The van der Waals surface area contributed by atoms with Gasteiger partial charge in [-0.3, -0.25) is 10.1 Å². The Morgan fingerprint density at radius 3 is 2.90 bits per heavy atom. The Morgan fingerprint density at radius 1 is 1.52 bits per heavy atom. The molecule has 1 heterocycles. The highest BCUT2D eigenvalue weighted by Gasteiger charge is 2.03. The molecule has 3 N–H and O–H groups in total. The quantitative estimate of drug-likeness (QED) is 0.384. The van der Waals surface area contributed by atoms with Crippen molar-refractivity contribution in [1.29, 1.82) is 0 Å². The number of hydrogen-bond donors (Lipinski definition) is 2. The molecule has 0 fully saturated rings. The number of nitrogens with one attached hydrogen (secondary N) is 1. The monoisotopic (exact) mass is 314 g/mol. The molecule has 8 heteroatoms. The summed E-state index contributed by atoms with van der Waals surface area (Å²) in [6, 6.07) is 4.00. The maximum atomic E-state index is 10.2. The van der Waals surface area contributed by atoms with Crippen molar-refractivity contribution in [3.63, 3.8) is 0 Å². The van der Waals surface area contributed by atoms with Crippen LogP contribution in [0.2, 0.25) is 0 Å². The van der Waals surface area contributed by atoms with Crippen LogP contribution in [0, 0.1) is 10.1 Å². The SMILES string of the molecule is CN(C)Cc1ccc(CSCCCN/C(N)=C/[N+](=O)[O-])o1. The van der Waals surface area contributed by atoms with E-state index in [1.54, 1.807) is 11.8 Å². The molecule has 0 saturated carbocycles. The van der Waals surface area contributed by atoms with E-state index in [2.05, 4.69) is 10.2 Å². The minimum Gasteiger partial charge on any atom is -0.464 e. The molecular formula is C13H22N4O3S. The van der Waals surface area contributed by atoms with Crippen LogP contribution in [0.3, 0.4) is 0 Å². The lowest BCUT2D eigenvalue weighted by molar-refractivity contribution is -0.403. The largest absolute Gasteiger partial charge is 0.464 e. The zero-order chi connectivity index (χ0) is 15.7. The smallest absolute Gasteiger partial charge is 0.273 e. The lowest BCUT2D eigenvalue weighted by Gasteiger charge is -2.06. The third-order valence-electron chi connectivity index (χ3n) is 2.47. The van der Waals surface area contributed by atoms with Crippen LogP contribution in [0.1, 0.15) is 17.9 Å². The third-order valence-corrected chi connectivity index (χ3v) is 3.54. The Morgan fingerprint density at radius 2 is 2.24 bits per heavy atom. The summed E-state index contributed by atoms with van der Waals surface area (Å²) in [6.45, 7) is 1.42. The Labute approximate surface area is 128 Å². The first-order chi connectivity index (χ1) is 9.97. The highest BCUT2D eigenvalue weighted by Crippen LogP contribution is 2.16. The second-order valence-corrected chi connectivity index (χ2v) is 5.91. The van der Waals surface area contributed by atoms with E-state index in [1.165, 1.54) is 0 Å². The number of hydrogen-bond acceptors (Lipinski definition) is 7. The fourth-order valence-electron chi connectivity index (χ4n) is 1.64. The molecular weight excluding hydrogens is 292 g/mol. The average Bonchev–Trinajstić information content (AvgIpc) is 2.79. The maximum absolute atomic E-state index is 10.2. The summed E-state index contributed by atoms with van der Waals surface area (Å²) < 4.78 is 5.70. The minimum absolute atomic E-state index is 0.0874. The molecule has 0 spiro atoms. The Balaban J connectivity index is 2.11. The number of furan rings is 1. The summed E-state index contributed by atoms with van der Waals surface area (Å²) >= 11 is 1.76. The van der Waals surface area contributed by atoms with Crippen LogP contribution < -0.4 is 11.1 Å². The number of thioether (sulfide) groups is 1. The van der Waals surface area contributed by atoms with E-state index in [1.807, 2.05) is 26.2 Å². The van der Waals surface area contributed by atoms with Crippen molar-refractivity contribution >= 4 is 11.8 Å². The molecule has 1 aromatic rings. The predicted molar refractivity (Wildman–Crippen MR) is 84.1 cm³/mol. The van der Waals surface area contributed by atoms with Gasteiger partial charge in [-0.2, -0.15) is 11.8 Å².